The van der Waals surface area contributed by atoms with E-state index in [9.17, 15) is 27.6 Å². The minimum absolute atomic E-state index is 0.00289. The van der Waals surface area contributed by atoms with Crippen molar-refractivity contribution in [1.82, 2.24) is 23.0 Å². The van der Waals surface area contributed by atoms with Gasteiger partial charge in [0.25, 0.3) is 11.5 Å². The second kappa shape index (κ2) is 10.8. The quantitative estimate of drug-likeness (QED) is 0.330. The first-order valence-corrected chi connectivity index (χ1v) is 12.8. The Morgan fingerprint density at radius 3 is 2.53 bits per heavy atom. The van der Waals surface area contributed by atoms with Crippen LogP contribution >= 0.6 is 0 Å². The summed E-state index contributed by atoms with van der Waals surface area (Å²) in [5.74, 6) is -1.42. The Kier molecular flexibility index (Phi) is 7.66. The molecule has 3 heterocycles. The van der Waals surface area contributed by atoms with Gasteiger partial charge in [-0.25, -0.2) is 18.2 Å². The number of imidazole rings is 1. The third-order valence-corrected chi connectivity index (χ3v) is 7.83. The Morgan fingerprint density at radius 1 is 1.13 bits per heavy atom. The first-order valence-electron chi connectivity index (χ1n) is 11.4. The number of methoxy groups -OCH3 is 1. The van der Waals surface area contributed by atoms with Crippen molar-refractivity contribution in [2.75, 3.05) is 45.3 Å². The summed E-state index contributed by atoms with van der Waals surface area (Å²) in [4.78, 5) is 53.3. The van der Waals surface area contributed by atoms with Gasteiger partial charge in [0, 0.05) is 33.3 Å². The Bertz CT molecular complexity index is 1620. The lowest BCUT2D eigenvalue weighted by Gasteiger charge is -2.26. The fourth-order valence-corrected chi connectivity index (χ4v) is 5.33. The molecule has 0 spiro atoms. The third-order valence-electron chi connectivity index (χ3n) is 5.94. The molecule has 3 aromatic rings. The topological polar surface area (TPSA) is 173 Å². The number of ether oxygens (including phenoxy) is 3. The molecule has 1 fully saturated rings. The van der Waals surface area contributed by atoms with Crippen LogP contribution in [-0.4, -0.2) is 83.3 Å². The van der Waals surface area contributed by atoms with Crippen molar-refractivity contribution in [2.24, 2.45) is 14.1 Å². The molecular weight excluding hydrogens is 524 g/mol. The molecule has 0 radical (unpaired) electrons. The number of nitrogens with one attached hydrogen (secondary N) is 1. The van der Waals surface area contributed by atoms with E-state index < -0.39 is 46.3 Å². The van der Waals surface area contributed by atoms with Crippen LogP contribution < -0.4 is 21.3 Å². The van der Waals surface area contributed by atoms with Gasteiger partial charge in [0.15, 0.2) is 17.8 Å². The van der Waals surface area contributed by atoms with Crippen LogP contribution in [0.5, 0.6) is 5.75 Å². The van der Waals surface area contributed by atoms with E-state index in [-0.39, 0.29) is 40.6 Å². The minimum atomic E-state index is -3.77. The van der Waals surface area contributed by atoms with E-state index in [1.165, 1.54) is 59.2 Å². The number of hydrogen-bond acceptors (Lipinski definition) is 10. The Hall–Kier alpha value is -4.02. The molecule has 16 heteroatoms. The maximum atomic E-state index is 12.9. The SMILES string of the molecule is COc1cc(S(=O)(=O)N2CCOCC2)ccc1NC(=O)COC(=O)Cn1cnc2c1c(=O)n(C)c(=O)n2C. The number of benzene rings is 1. The number of nitrogens with zero attached hydrogens (tertiary/aromatic N) is 5. The number of carbonyl (C=O) groups excluding carboxylic acids is 2. The maximum Gasteiger partial charge on any atom is 0.332 e. The van der Waals surface area contributed by atoms with Crippen molar-refractivity contribution >= 4 is 38.8 Å². The zero-order valence-electron chi connectivity index (χ0n) is 20.9. The second-order valence-electron chi connectivity index (χ2n) is 8.34. The summed E-state index contributed by atoms with van der Waals surface area (Å²) in [5.41, 5.74) is -0.867. The van der Waals surface area contributed by atoms with Crippen molar-refractivity contribution in [2.45, 2.75) is 11.4 Å². The molecule has 4 rings (SSSR count). The summed E-state index contributed by atoms with van der Waals surface area (Å²) in [6, 6.07) is 4.01. The molecule has 1 N–H and O–H groups in total. The van der Waals surface area contributed by atoms with E-state index in [0.29, 0.717) is 13.2 Å². The van der Waals surface area contributed by atoms with E-state index in [2.05, 4.69) is 10.3 Å². The molecular formula is C22H26N6O9S. The summed E-state index contributed by atoms with van der Waals surface area (Å²) in [6.07, 6.45) is 1.23. The number of fused-ring (bicyclic) bond motifs is 1. The van der Waals surface area contributed by atoms with E-state index in [1.807, 2.05) is 0 Å². The van der Waals surface area contributed by atoms with Gasteiger partial charge in [-0.15, -0.1) is 0 Å². The highest BCUT2D eigenvalue weighted by Crippen LogP contribution is 2.29. The fourth-order valence-electron chi connectivity index (χ4n) is 3.91. The van der Waals surface area contributed by atoms with Crippen molar-refractivity contribution in [3.63, 3.8) is 0 Å². The monoisotopic (exact) mass is 550 g/mol. The lowest BCUT2D eigenvalue weighted by Crippen LogP contribution is -2.40. The Balaban J connectivity index is 1.40. The van der Waals surface area contributed by atoms with Crippen molar-refractivity contribution in [1.29, 1.82) is 0 Å². The van der Waals surface area contributed by atoms with Crippen LogP contribution in [-0.2, 0) is 49.7 Å². The molecule has 1 aliphatic rings. The van der Waals surface area contributed by atoms with Crippen LogP contribution in [0.15, 0.2) is 39.0 Å². The molecule has 15 nitrogen and oxygen atoms in total. The predicted molar refractivity (Wildman–Crippen MR) is 132 cm³/mol. The second-order valence-corrected chi connectivity index (χ2v) is 10.3. The molecule has 0 unspecified atom stereocenters. The molecule has 0 saturated carbocycles. The van der Waals surface area contributed by atoms with E-state index in [0.717, 1.165) is 4.57 Å². The molecule has 38 heavy (non-hydrogen) atoms. The maximum absolute atomic E-state index is 12.9. The average Bonchev–Trinajstić information content (AvgIpc) is 3.33. The highest BCUT2D eigenvalue weighted by molar-refractivity contribution is 7.89. The molecule has 0 bridgehead atoms. The standard InChI is InChI=1S/C22H26N6O9S/c1-25-20-19(21(31)26(2)22(25)32)27(13-23-20)11-18(30)37-12-17(29)24-15-5-4-14(10-16(15)35-3)38(33,34)28-6-8-36-9-7-28/h4-5,10,13H,6-9,11-12H2,1-3H3,(H,24,29). The summed E-state index contributed by atoms with van der Waals surface area (Å²) in [7, 11) is 0.309. The Morgan fingerprint density at radius 2 is 1.84 bits per heavy atom. The van der Waals surface area contributed by atoms with Crippen LogP contribution in [0, 0.1) is 0 Å². The molecule has 0 atom stereocenters. The van der Waals surface area contributed by atoms with Crippen LogP contribution in [0.1, 0.15) is 0 Å². The smallest absolute Gasteiger partial charge is 0.332 e. The van der Waals surface area contributed by atoms with Gasteiger partial charge in [0.1, 0.15) is 12.3 Å². The number of amides is 1. The lowest BCUT2D eigenvalue weighted by molar-refractivity contribution is -0.147. The van der Waals surface area contributed by atoms with Gasteiger partial charge in [0.05, 0.1) is 37.2 Å². The van der Waals surface area contributed by atoms with Gasteiger partial charge in [0.2, 0.25) is 10.0 Å². The van der Waals surface area contributed by atoms with E-state index in [4.69, 9.17) is 14.2 Å². The highest BCUT2D eigenvalue weighted by atomic mass is 32.2. The number of carbonyl (C=O) groups is 2. The van der Waals surface area contributed by atoms with Crippen LogP contribution in [0.3, 0.4) is 0 Å². The van der Waals surface area contributed by atoms with Gasteiger partial charge >= 0.3 is 11.7 Å². The van der Waals surface area contributed by atoms with Gasteiger partial charge in [-0.1, -0.05) is 0 Å². The number of sulfonamides is 1. The number of aromatic nitrogens is 4. The third kappa shape index (κ3) is 5.18. The van der Waals surface area contributed by atoms with Crippen molar-refractivity contribution < 1.29 is 32.2 Å². The van der Waals surface area contributed by atoms with Crippen LogP contribution in [0.4, 0.5) is 5.69 Å². The lowest BCUT2D eigenvalue weighted by atomic mass is 10.3. The first kappa shape index (κ1) is 27.0. The molecule has 2 aromatic heterocycles. The average molecular weight is 551 g/mol. The largest absolute Gasteiger partial charge is 0.495 e. The van der Waals surface area contributed by atoms with Crippen LogP contribution in [0.25, 0.3) is 11.2 Å². The molecule has 1 aromatic carbocycles. The summed E-state index contributed by atoms with van der Waals surface area (Å²) in [6.45, 7) is -0.00697. The number of esters is 1. The first-order chi connectivity index (χ1) is 18.0. The zero-order chi connectivity index (χ0) is 27.6. The van der Waals surface area contributed by atoms with Crippen molar-refractivity contribution in [3.05, 3.63) is 45.4 Å². The van der Waals surface area contributed by atoms with Gasteiger partial charge < -0.3 is 24.1 Å². The number of morpholine rings is 1. The number of anilines is 1. The predicted octanol–water partition coefficient (Wildman–Crippen LogP) is -1.35. The fraction of sp³-hybridized carbons (Fsp3) is 0.409. The summed E-state index contributed by atoms with van der Waals surface area (Å²) in [5, 5.41) is 2.51. The number of rotatable bonds is 8. The molecule has 1 saturated heterocycles. The number of hydrogen-bond donors (Lipinski definition) is 1. The molecule has 204 valence electrons. The normalized spacial score (nSPS) is 14.4. The summed E-state index contributed by atoms with van der Waals surface area (Å²) < 4.78 is 45.8. The molecule has 1 amide bonds. The zero-order valence-corrected chi connectivity index (χ0v) is 21.7. The van der Waals surface area contributed by atoms with Gasteiger partial charge in [-0.3, -0.25) is 23.5 Å². The van der Waals surface area contributed by atoms with Gasteiger partial charge in [-0.05, 0) is 12.1 Å². The van der Waals surface area contributed by atoms with E-state index in [1.54, 1.807) is 0 Å². The summed E-state index contributed by atoms with van der Waals surface area (Å²) >= 11 is 0. The van der Waals surface area contributed by atoms with Crippen LogP contribution in [0.2, 0.25) is 0 Å². The highest BCUT2D eigenvalue weighted by Gasteiger charge is 2.27. The molecule has 0 aliphatic carbocycles. The molecule has 1 aliphatic heterocycles. The van der Waals surface area contributed by atoms with Crippen molar-refractivity contribution in [3.8, 4) is 5.75 Å². The Labute approximate surface area is 216 Å². The minimum Gasteiger partial charge on any atom is -0.495 e. The van der Waals surface area contributed by atoms with Gasteiger partial charge in [-0.2, -0.15) is 4.31 Å². The van der Waals surface area contributed by atoms with E-state index >= 15 is 0 Å². The number of aryl methyl sites for hydroxylation is 1.